The summed E-state index contributed by atoms with van der Waals surface area (Å²) in [5.41, 5.74) is 1.82. The molecule has 1 N–H and O–H groups in total. The van der Waals surface area contributed by atoms with Crippen LogP contribution in [0.1, 0.15) is 55.1 Å². The molecule has 3 amide bonds. The van der Waals surface area contributed by atoms with Gasteiger partial charge in [0.25, 0.3) is 15.9 Å². The lowest BCUT2D eigenvalue weighted by Gasteiger charge is -2.32. The van der Waals surface area contributed by atoms with Crippen LogP contribution in [-0.2, 0) is 26.2 Å². The molecule has 2 atom stereocenters. The van der Waals surface area contributed by atoms with E-state index in [1.54, 1.807) is 13.0 Å². The Morgan fingerprint density at radius 2 is 1.68 bits per heavy atom. The number of carbonyl (C=O) groups is 3. The van der Waals surface area contributed by atoms with Crippen LogP contribution in [0, 0.1) is 6.92 Å². The molecule has 0 bridgehead atoms. The highest BCUT2D eigenvalue weighted by atomic mass is 32.2. The fraction of sp³-hybridized carbons (Fsp3) is 0.400. The van der Waals surface area contributed by atoms with Gasteiger partial charge in [-0.2, -0.15) is 0 Å². The normalized spacial score (nSPS) is 16.0. The molecule has 8 nitrogen and oxygen atoms in total. The fourth-order valence-electron chi connectivity index (χ4n) is 3.93. The molecule has 0 saturated carbocycles. The van der Waals surface area contributed by atoms with Gasteiger partial charge < -0.3 is 10.2 Å². The van der Waals surface area contributed by atoms with Crippen LogP contribution in [0.3, 0.4) is 0 Å². The lowest BCUT2D eigenvalue weighted by atomic mass is 10.1. The largest absolute Gasteiger partial charge is 0.352 e. The highest BCUT2D eigenvalue weighted by molar-refractivity contribution is 7.90. The second-order valence-electron chi connectivity index (χ2n) is 8.50. The average Bonchev–Trinajstić information content (AvgIpc) is 3.00. The van der Waals surface area contributed by atoms with Crippen LogP contribution in [0.2, 0.25) is 0 Å². The molecule has 9 heteroatoms. The van der Waals surface area contributed by atoms with Gasteiger partial charge in [0.1, 0.15) is 17.5 Å². The van der Waals surface area contributed by atoms with Gasteiger partial charge in [0.15, 0.2) is 0 Å². The van der Waals surface area contributed by atoms with Gasteiger partial charge in [-0.15, -0.1) is 0 Å². The number of nitrogens with zero attached hydrogens (tertiary/aromatic N) is 2. The monoisotopic (exact) mass is 485 g/mol. The minimum Gasteiger partial charge on any atom is -0.352 e. The number of sulfonamides is 1. The van der Waals surface area contributed by atoms with Gasteiger partial charge in [-0.1, -0.05) is 50.2 Å². The number of carbonyl (C=O) groups excluding carboxylic acids is 3. The maximum Gasteiger partial charge on any atom is 0.269 e. The van der Waals surface area contributed by atoms with E-state index in [0.29, 0.717) is 10.7 Å². The van der Waals surface area contributed by atoms with E-state index in [2.05, 4.69) is 5.32 Å². The van der Waals surface area contributed by atoms with Crippen molar-refractivity contribution in [3.05, 3.63) is 65.2 Å². The van der Waals surface area contributed by atoms with Crippen molar-refractivity contribution in [3.8, 4) is 0 Å². The zero-order valence-corrected chi connectivity index (χ0v) is 20.8. The summed E-state index contributed by atoms with van der Waals surface area (Å²) in [4.78, 5) is 40.7. The number of amides is 3. The number of hydrogen-bond donors (Lipinski definition) is 1. The van der Waals surface area contributed by atoms with E-state index < -0.39 is 34.4 Å². The van der Waals surface area contributed by atoms with Gasteiger partial charge in [0, 0.05) is 12.6 Å². The Labute approximate surface area is 201 Å². The number of rotatable bonds is 9. The summed E-state index contributed by atoms with van der Waals surface area (Å²) in [7, 11) is -4.15. The molecular weight excluding hydrogens is 454 g/mol. The van der Waals surface area contributed by atoms with Crippen molar-refractivity contribution in [1.29, 1.82) is 0 Å². The molecule has 182 valence electrons. The molecule has 0 aromatic heterocycles. The Morgan fingerprint density at radius 3 is 2.29 bits per heavy atom. The quantitative estimate of drug-likeness (QED) is 0.588. The van der Waals surface area contributed by atoms with Gasteiger partial charge in [-0.25, -0.2) is 12.7 Å². The fourth-order valence-corrected chi connectivity index (χ4v) is 5.45. The third-order valence-electron chi connectivity index (χ3n) is 6.18. The van der Waals surface area contributed by atoms with Crippen LogP contribution in [-0.4, -0.2) is 54.0 Å². The van der Waals surface area contributed by atoms with Crippen LogP contribution >= 0.6 is 0 Å². The third kappa shape index (κ3) is 4.99. The van der Waals surface area contributed by atoms with Crippen molar-refractivity contribution in [3.63, 3.8) is 0 Å². The first-order valence-electron chi connectivity index (χ1n) is 11.4. The van der Waals surface area contributed by atoms with E-state index in [-0.39, 0.29) is 29.0 Å². The first-order chi connectivity index (χ1) is 16.1. The third-order valence-corrected chi connectivity index (χ3v) is 7.97. The van der Waals surface area contributed by atoms with E-state index in [4.69, 9.17) is 0 Å². The van der Waals surface area contributed by atoms with Crippen molar-refractivity contribution < 1.29 is 22.8 Å². The molecule has 34 heavy (non-hydrogen) atoms. The molecule has 1 heterocycles. The van der Waals surface area contributed by atoms with Gasteiger partial charge >= 0.3 is 0 Å². The first-order valence-corrected chi connectivity index (χ1v) is 12.9. The van der Waals surface area contributed by atoms with E-state index in [9.17, 15) is 22.8 Å². The van der Waals surface area contributed by atoms with Crippen LogP contribution in [0.15, 0.2) is 53.4 Å². The number of fused-ring (bicyclic) bond motifs is 1. The number of nitrogens with one attached hydrogen (secondary N) is 1. The van der Waals surface area contributed by atoms with Gasteiger partial charge in [0.05, 0.1) is 5.56 Å². The highest BCUT2D eigenvalue weighted by Crippen LogP contribution is 2.30. The Hall–Kier alpha value is -3.20. The van der Waals surface area contributed by atoms with Gasteiger partial charge in [0.2, 0.25) is 11.8 Å². The van der Waals surface area contributed by atoms with Crippen molar-refractivity contribution in [2.75, 3.05) is 6.54 Å². The SMILES string of the molecule is CC[C@@H](C)NC(=O)[C@@H](CC)N(Cc1ccccc1C)C(=O)CN1C(=O)c2ccccc2S1(=O)=O. The van der Waals surface area contributed by atoms with Crippen LogP contribution < -0.4 is 5.32 Å². The number of benzene rings is 2. The lowest BCUT2D eigenvalue weighted by Crippen LogP contribution is -2.53. The topological polar surface area (TPSA) is 104 Å². The number of hydrogen-bond acceptors (Lipinski definition) is 5. The number of aryl methyl sites for hydroxylation is 1. The summed E-state index contributed by atoms with van der Waals surface area (Å²) in [6, 6.07) is 12.5. The van der Waals surface area contributed by atoms with Crippen LogP contribution in [0.5, 0.6) is 0 Å². The summed E-state index contributed by atoms with van der Waals surface area (Å²) in [5.74, 6) is -1.66. The zero-order valence-electron chi connectivity index (χ0n) is 19.9. The van der Waals surface area contributed by atoms with E-state index in [1.807, 2.05) is 45.0 Å². The van der Waals surface area contributed by atoms with Crippen LogP contribution in [0.4, 0.5) is 0 Å². The summed E-state index contributed by atoms with van der Waals surface area (Å²) < 4.78 is 26.6. The molecule has 1 aliphatic heterocycles. The molecule has 0 spiro atoms. The Balaban J connectivity index is 1.94. The predicted molar refractivity (Wildman–Crippen MR) is 128 cm³/mol. The summed E-state index contributed by atoms with van der Waals surface area (Å²) in [6.45, 7) is 6.98. The molecular formula is C25H31N3O5S. The zero-order chi connectivity index (χ0) is 25.0. The Kier molecular flexibility index (Phi) is 7.76. The van der Waals surface area contributed by atoms with Crippen LogP contribution in [0.25, 0.3) is 0 Å². The minimum absolute atomic E-state index is 0.0438. The molecule has 0 aliphatic carbocycles. The van der Waals surface area contributed by atoms with Crippen molar-refractivity contribution in [1.82, 2.24) is 14.5 Å². The first kappa shape index (κ1) is 25.4. The van der Waals surface area contributed by atoms with Gasteiger partial charge in [-0.05, 0) is 49.9 Å². The molecule has 0 saturated heterocycles. The molecule has 1 aliphatic rings. The smallest absolute Gasteiger partial charge is 0.269 e. The average molecular weight is 486 g/mol. The molecule has 0 fully saturated rings. The molecule has 0 radical (unpaired) electrons. The minimum atomic E-state index is -4.15. The Morgan fingerprint density at radius 1 is 1.03 bits per heavy atom. The summed E-state index contributed by atoms with van der Waals surface area (Å²) in [6.07, 6.45) is 1.06. The maximum atomic E-state index is 13.5. The van der Waals surface area contributed by atoms with Crippen molar-refractivity contribution in [2.45, 2.75) is 64.1 Å². The molecule has 2 aromatic rings. The summed E-state index contributed by atoms with van der Waals surface area (Å²) in [5, 5.41) is 2.92. The molecule has 3 rings (SSSR count). The van der Waals surface area contributed by atoms with Gasteiger partial charge in [-0.3, -0.25) is 14.4 Å². The van der Waals surface area contributed by atoms with Crippen molar-refractivity contribution in [2.24, 2.45) is 0 Å². The highest BCUT2D eigenvalue weighted by Gasteiger charge is 2.43. The summed E-state index contributed by atoms with van der Waals surface area (Å²) >= 11 is 0. The van der Waals surface area contributed by atoms with Crippen molar-refractivity contribution >= 4 is 27.7 Å². The molecule has 2 aromatic carbocycles. The predicted octanol–water partition coefficient (Wildman–Crippen LogP) is 2.86. The molecule has 0 unspecified atom stereocenters. The maximum absolute atomic E-state index is 13.5. The Bertz CT molecular complexity index is 1190. The standard InChI is InChI=1S/C25H31N3O5S/c1-5-18(4)26-24(30)21(6-2)27(15-19-12-8-7-11-17(19)3)23(29)16-28-25(31)20-13-9-10-14-22(20)34(28,32)33/h7-14,18,21H,5-6,15-16H2,1-4H3,(H,26,30)/t18-,21-/m1/s1. The van der Waals surface area contributed by atoms with E-state index >= 15 is 0 Å². The van der Waals surface area contributed by atoms with E-state index in [1.165, 1.54) is 23.1 Å². The second kappa shape index (κ2) is 10.4. The lowest BCUT2D eigenvalue weighted by molar-refractivity contribution is -0.141. The second-order valence-corrected chi connectivity index (χ2v) is 10.3. The van der Waals surface area contributed by atoms with E-state index in [0.717, 1.165) is 17.5 Å².